The largest absolute Gasteiger partial charge is 0.467 e. The van der Waals surface area contributed by atoms with Crippen LogP contribution in [-0.4, -0.2) is 51.8 Å². The van der Waals surface area contributed by atoms with Crippen LogP contribution in [-0.2, 0) is 19.1 Å². The molecule has 0 atom stereocenters. The van der Waals surface area contributed by atoms with Crippen molar-refractivity contribution in [2.24, 2.45) is 0 Å². The van der Waals surface area contributed by atoms with E-state index < -0.39 is 0 Å². The van der Waals surface area contributed by atoms with E-state index >= 15 is 0 Å². The van der Waals surface area contributed by atoms with Gasteiger partial charge in [-0.3, -0.25) is 9.59 Å². The molecule has 0 unspecified atom stereocenters. The molecule has 0 amide bonds. The highest BCUT2D eigenvalue weighted by Gasteiger charge is 1.89. The van der Waals surface area contributed by atoms with Gasteiger partial charge in [0.15, 0.2) is 0 Å². The molecule has 0 aliphatic heterocycles. The van der Waals surface area contributed by atoms with Crippen molar-refractivity contribution in [3.05, 3.63) is 0 Å². The molecule has 138 valence electrons. The maximum Gasteiger partial charge on any atom is 0.302 e. The number of hydrogen-bond acceptors (Lipinski definition) is 10. The van der Waals surface area contributed by atoms with E-state index in [9.17, 15) is 9.59 Å². The van der Waals surface area contributed by atoms with Gasteiger partial charge in [-0.2, -0.15) is 21.0 Å². The van der Waals surface area contributed by atoms with Crippen LogP contribution in [0, 0.1) is 45.3 Å². The number of carbonyl (C=O) groups is 2. The van der Waals surface area contributed by atoms with E-state index in [0.717, 1.165) is 0 Å². The number of hydrogen-bond donors (Lipinski definition) is 2. The van der Waals surface area contributed by atoms with Gasteiger partial charge in [-0.25, -0.2) is 0 Å². The Hall–Kier alpha value is -3.18. The molecule has 0 heterocycles. The summed E-state index contributed by atoms with van der Waals surface area (Å²) >= 11 is 0. The third kappa shape index (κ3) is 76.5. The van der Waals surface area contributed by atoms with Gasteiger partial charge >= 0.3 is 5.97 Å². The van der Waals surface area contributed by atoms with E-state index in [2.05, 4.69) is 20.1 Å². The smallest absolute Gasteiger partial charge is 0.302 e. The van der Waals surface area contributed by atoms with Crippen LogP contribution in [0.1, 0.15) is 20.8 Å². The van der Waals surface area contributed by atoms with Gasteiger partial charge in [0, 0.05) is 33.9 Å². The monoisotopic (exact) mass is 352 g/mol. The first-order valence-electron chi connectivity index (χ1n) is 6.97. The molecule has 0 fully saturated rings. The standard InChI is InChI=1S/C6H10N2O2.C5H8N2O2.2C2H3N/c1-6(9)10-5-4-8-3-2-7;6-1-2-7-3-4-9-5-8;2*1-2-3/h8H,3-5H2,1H3;5,7H,2-4H2;2*1H3. The lowest BCUT2D eigenvalue weighted by molar-refractivity contribution is -0.140. The second-order valence-corrected chi connectivity index (χ2v) is 3.42. The molecule has 0 bridgehead atoms. The summed E-state index contributed by atoms with van der Waals surface area (Å²) in [4.78, 5) is 19.7. The Kier molecular flexibility index (Phi) is 44.4. The summed E-state index contributed by atoms with van der Waals surface area (Å²) < 4.78 is 8.91. The predicted octanol–water partition coefficient (Wildman–Crippen LogP) is -0.00498. The maximum atomic E-state index is 10.2. The van der Waals surface area contributed by atoms with Crippen molar-refractivity contribution < 1.29 is 19.1 Å². The predicted molar refractivity (Wildman–Crippen MR) is 88.2 cm³/mol. The Balaban J connectivity index is -0.000000135. The Morgan fingerprint density at radius 1 is 0.960 bits per heavy atom. The van der Waals surface area contributed by atoms with Crippen molar-refractivity contribution in [2.75, 3.05) is 39.4 Å². The normalized spacial score (nSPS) is 6.84. The number of esters is 1. The van der Waals surface area contributed by atoms with E-state index in [-0.39, 0.29) is 5.97 Å². The van der Waals surface area contributed by atoms with Crippen LogP contribution >= 0.6 is 0 Å². The van der Waals surface area contributed by atoms with E-state index in [4.69, 9.17) is 21.0 Å². The third-order valence-corrected chi connectivity index (χ3v) is 1.46. The molecular weight excluding hydrogens is 328 g/mol. The molecule has 0 aliphatic carbocycles. The molecule has 10 nitrogen and oxygen atoms in total. The maximum absolute atomic E-state index is 10.2. The Morgan fingerprint density at radius 2 is 1.36 bits per heavy atom. The summed E-state index contributed by atoms with van der Waals surface area (Å²) in [6.45, 7) is 6.91. The van der Waals surface area contributed by atoms with Crippen LogP contribution < -0.4 is 10.6 Å². The number of nitrogens with zero attached hydrogens (tertiary/aromatic N) is 4. The molecule has 0 spiro atoms. The molecule has 0 saturated heterocycles. The van der Waals surface area contributed by atoms with Gasteiger partial charge in [0.25, 0.3) is 6.47 Å². The molecule has 0 rings (SSSR count). The summed E-state index contributed by atoms with van der Waals surface area (Å²) in [5.74, 6) is -0.293. The average Bonchev–Trinajstić information content (AvgIpc) is 2.56. The molecule has 0 saturated carbocycles. The molecule has 0 aromatic carbocycles. The van der Waals surface area contributed by atoms with Gasteiger partial charge < -0.3 is 20.1 Å². The van der Waals surface area contributed by atoms with Gasteiger partial charge in [0.05, 0.1) is 37.4 Å². The fraction of sp³-hybridized carbons (Fsp3) is 0.600. The highest BCUT2D eigenvalue weighted by Crippen LogP contribution is 1.72. The molecule has 0 radical (unpaired) electrons. The number of nitriles is 4. The van der Waals surface area contributed by atoms with Crippen molar-refractivity contribution in [3.63, 3.8) is 0 Å². The van der Waals surface area contributed by atoms with E-state index in [1.807, 2.05) is 12.1 Å². The zero-order valence-electron chi connectivity index (χ0n) is 14.7. The van der Waals surface area contributed by atoms with Crippen LogP contribution in [0.5, 0.6) is 0 Å². The minimum Gasteiger partial charge on any atom is -0.467 e. The second kappa shape index (κ2) is 37.2. The lowest BCUT2D eigenvalue weighted by atomic mass is 10.6. The van der Waals surface area contributed by atoms with Gasteiger partial charge in [-0.15, -0.1) is 0 Å². The van der Waals surface area contributed by atoms with Crippen molar-refractivity contribution in [3.8, 4) is 24.3 Å². The SMILES string of the molecule is CC#N.CC#N.CC(=O)OCCNCC#N.N#CCNCCOC=O. The van der Waals surface area contributed by atoms with Crippen LogP contribution in [0.25, 0.3) is 0 Å². The number of nitrogens with one attached hydrogen (secondary N) is 2. The van der Waals surface area contributed by atoms with Crippen LogP contribution in [0.4, 0.5) is 0 Å². The Bertz CT molecular complexity index is 445. The first-order valence-corrected chi connectivity index (χ1v) is 6.97. The molecule has 10 heteroatoms. The van der Waals surface area contributed by atoms with Gasteiger partial charge in [0.2, 0.25) is 0 Å². The summed E-state index contributed by atoms with van der Waals surface area (Å²) in [6, 6.07) is 7.29. The molecule has 2 N–H and O–H groups in total. The highest BCUT2D eigenvalue weighted by atomic mass is 16.5. The third-order valence-electron chi connectivity index (χ3n) is 1.46. The zero-order valence-corrected chi connectivity index (χ0v) is 14.7. The van der Waals surface area contributed by atoms with Crippen LogP contribution in [0.2, 0.25) is 0 Å². The minimum absolute atomic E-state index is 0.293. The zero-order chi connectivity index (χ0) is 20.2. The lowest BCUT2D eigenvalue weighted by Gasteiger charge is -1.99. The van der Waals surface area contributed by atoms with Crippen LogP contribution in [0.3, 0.4) is 0 Å². The fourth-order valence-corrected chi connectivity index (χ4v) is 0.735. The second-order valence-electron chi connectivity index (χ2n) is 3.42. The summed E-state index contributed by atoms with van der Waals surface area (Å²) in [5.41, 5.74) is 0. The molecule has 0 aromatic heterocycles. The van der Waals surface area contributed by atoms with Gasteiger partial charge in [-0.1, -0.05) is 0 Å². The highest BCUT2D eigenvalue weighted by molar-refractivity contribution is 5.65. The quantitative estimate of drug-likeness (QED) is 0.249. The minimum atomic E-state index is -0.293. The first-order chi connectivity index (χ1) is 12.0. The van der Waals surface area contributed by atoms with E-state index in [1.54, 1.807) is 12.1 Å². The number of carbonyl (C=O) groups excluding carboxylic acids is 2. The van der Waals surface area contributed by atoms with Crippen molar-refractivity contribution >= 4 is 12.4 Å². The molecular formula is C15H24N6O4. The Labute approximate surface area is 148 Å². The van der Waals surface area contributed by atoms with Crippen molar-refractivity contribution in [2.45, 2.75) is 20.8 Å². The van der Waals surface area contributed by atoms with Crippen molar-refractivity contribution in [1.82, 2.24) is 10.6 Å². The molecule has 0 aromatic rings. The average molecular weight is 352 g/mol. The number of rotatable bonds is 9. The first kappa shape index (κ1) is 29.8. The Morgan fingerprint density at radius 3 is 1.68 bits per heavy atom. The summed E-state index contributed by atoms with van der Waals surface area (Å²) in [6.07, 6.45) is 0. The van der Waals surface area contributed by atoms with Gasteiger partial charge in [0.1, 0.15) is 13.2 Å². The summed E-state index contributed by atoms with van der Waals surface area (Å²) in [5, 5.41) is 36.2. The van der Waals surface area contributed by atoms with Gasteiger partial charge in [-0.05, 0) is 0 Å². The van der Waals surface area contributed by atoms with E-state index in [0.29, 0.717) is 45.9 Å². The topological polar surface area (TPSA) is 172 Å². The lowest BCUT2D eigenvalue weighted by Crippen LogP contribution is -2.20. The van der Waals surface area contributed by atoms with Crippen molar-refractivity contribution in [1.29, 1.82) is 21.0 Å². The van der Waals surface area contributed by atoms with E-state index in [1.165, 1.54) is 20.8 Å². The molecule has 25 heavy (non-hydrogen) atoms. The van der Waals surface area contributed by atoms with Crippen LogP contribution in [0.15, 0.2) is 0 Å². The number of ether oxygens (including phenoxy) is 2. The fourth-order valence-electron chi connectivity index (χ4n) is 0.735. The summed E-state index contributed by atoms with van der Waals surface area (Å²) in [7, 11) is 0. The molecule has 0 aliphatic rings.